The lowest BCUT2D eigenvalue weighted by atomic mass is 9.29. The van der Waals surface area contributed by atoms with Crippen molar-refractivity contribution in [2.75, 3.05) is 26.4 Å². The van der Waals surface area contributed by atoms with Gasteiger partial charge in [-0.15, -0.1) is 0 Å². The lowest BCUT2D eigenvalue weighted by molar-refractivity contribution is -0.301. The molecule has 5 bridgehead atoms. The summed E-state index contributed by atoms with van der Waals surface area (Å²) in [6.07, 6.45) is 30.0. The smallest absolute Gasteiger partial charge is 0.339 e. The van der Waals surface area contributed by atoms with E-state index < -0.39 is 86.6 Å². The number of Topliss-reactive ketones (excluding diaryl/α,β-unsaturated/α-hetero) is 1. The van der Waals surface area contributed by atoms with Gasteiger partial charge < -0.3 is 43.6 Å². The molecule has 28 unspecified atom stereocenters. The van der Waals surface area contributed by atoms with Gasteiger partial charge in [-0.1, -0.05) is 107 Å². The number of fused-ring (bicyclic) bond motifs is 5. The van der Waals surface area contributed by atoms with Crippen LogP contribution in [0.4, 0.5) is 0 Å². The van der Waals surface area contributed by atoms with E-state index in [0.717, 1.165) is 115 Å². The molecule has 5 saturated heterocycles. The van der Waals surface area contributed by atoms with Crippen molar-refractivity contribution in [1.29, 1.82) is 0 Å². The van der Waals surface area contributed by atoms with Crippen molar-refractivity contribution >= 4 is 17.7 Å². The summed E-state index contributed by atoms with van der Waals surface area (Å²) >= 11 is 0. The number of aliphatic hydroxyl groups excluding tert-OH is 3. The van der Waals surface area contributed by atoms with E-state index in [2.05, 4.69) is 84.9 Å². The van der Waals surface area contributed by atoms with Gasteiger partial charge in [0.25, 0.3) is 0 Å². The van der Waals surface area contributed by atoms with Crippen LogP contribution in [0.3, 0.4) is 0 Å². The van der Waals surface area contributed by atoms with Gasteiger partial charge in [0.05, 0.1) is 48.5 Å². The fourth-order valence-electron chi connectivity index (χ4n) is 28.6. The quantitative estimate of drug-likeness (QED) is 0.106. The van der Waals surface area contributed by atoms with E-state index in [0.29, 0.717) is 60.7 Å². The van der Waals surface area contributed by atoms with Crippen molar-refractivity contribution in [2.45, 2.75) is 202 Å². The van der Waals surface area contributed by atoms with Gasteiger partial charge >= 0.3 is 11.9 Å². The normalized spacial score (nSPS) is 53.2. The van der Waals surface area contributed by atoms with Crippen LogP contribution in [0.15, 0.2) is 83.2 Å². The van der Waals surface area contributed by atoms with Crippen LogP contribution in [0, 0.1) is 116 Å². The number of rotatable bonds is 9. The molecule has 9 saturated carbocycles. The van der Waals surface area contributed by atoms with Crippen molar-refractivity contribution in [1.82, 2.24) is 10.2 Å². The topological polar surface area (TPSA) is 181 Å². The molecule has 4 N–H and O–H groups in total. The van der Waals surface area contributed by atoms with Crippen molar-refractivity contribution in [3.8, 4) is 0 Å². The Labute approximate surface area is 518 Å². The lowest BCUT2D eigenvalue weighted by Gasteiger charge is -2.73. The molecule has 1 aromatic carbocycles. The molecule has 8 heterocycles. The summed E-state index contributed by atoms with van der Waals surface area (Å²) in [7, 11) is 0. The molecule has 13 nitrogen and oxygen atoms in total. The van der Waals surface area contributed by atoms with Crippen LogP contribution in [0.25, 0.3) is 0 Å². The summed E-state index contributed by atoms with van der Waals surface area (Å²) in [5.74, 6) is 0.369. The summed E-state index contributed by atoms with van der Waals surface area (Å²) in [5, 5.41) is 41.5. The van der Waals surface area contributed by atoms with Gasteiger partial charge in [-0.2, -0.15) is 0 Å². The number of ketones is 1. The Hall–Kier alpha value is -4.11. The third-order valence-electron chi connectivity index (χ3n) is 31.1. The van der Waals surface area contributed by atoms with Crippen LogP contribution in [-0.2, 0) is 46.2 Å². The molecule has 14 fully saturated rings. The molecular formula is C75H94N2O11. The van der Waals surface area contributed by atoms with Gasteiger partial charge in [0, 0.05) is 46.7 Å². The summed E-state index contributed by atoms with van der Waals surface area (Å²) in [6.45, 7) is 6.35. The van der Waals surface area contributed by atoms with E-state index in [1.165, 1.54) is 36.8 Å². The van der Waals surface area contributed by atoms with Gasteiger partial charge in [0.2, 0.25) is 0 Å². The maximum Gasteiger partial charge on any atom is 0.339 e. The van der Waals surface area contributed by atoms with E-state index in [-0.39, 0.29) is 71.8 Å². The predicted octanol–water partition coefficient (Wildman–Crippen LogP) is 10.6. The molecule has 7 aliphatic heterocycles. The molecule has 0 radical (unpaired) electrons. The molecule has 2 aromatic rings. The van der Waals surface area contributed by atoms with Gasteiger partial charge in [-0.05, 0) is 196 Å². The number of nitrogens with zero attached hydrogens (tertiary/aromatic N) is 1. The number of cyclic esters (lactones) is 2. The number of benzene rings is 1. The van der Waals surface area contributed by atoms with Crippen LogP contribution in [-0.4, -0.2) is 106 Å². The molecule has 88 heavy (non-hydrogen) atoms. The zero-order valence-corrected chi connectivity index (χ0v) is 51.9. The molecule has 19 rings (SSSR count). The zero-order valence-electron chi connectivity index (χ0n) is 51.9. The monoisotopic (exact) mass is 1200 g/mol. The number of nitrogens with one attached hydrogen (secondary N) is 1. The molecule has 1 aromatic heterocycles. The van der Waals surface area contributed by atoms with E-state index in [1.807, 2.05) is 6.07 Å². The SMILES string of the molecule is CC1C2CCCCC2CCC12C=CCC13OC45C(=CC21)CC1CCCC12CC1CC6(C)C(c7ccoc7CC(C(O)CO)C7CCC8C(C=CN9CNCC89)C7)OC(=O)C7OC76C6(C7CCCC(Cc8ccccc8)C7)C(O)C(=O)C3C4(COC(=O)C25)C16. The first kappa shape index (κ1) is 55.5. The third kappa shape index (κ3) is 6.46. The largest absolute Gasteiger partial charge is 0.469 e. The number of hydrogen-bond acceptors (Lipinski definition) is 13. The minimum absolute atomic E-state index is 0.0538. The molecule has 17 aliphatic rings. The first-order valence-electron chi connectivity index (χ1n) is 35.6. The molecule has 470 valence electrons. The fraction of sp³-hybridized carbons (Fsp3) is 0.747. The lowest BCUT2D eigenvalue weighted by Crippen LogP contribution is -2.82. The van der Waals surface area contributed by atoms with Gasteiger partial charge in [-0.3, -0.25) is 14.9 Å². The van der Waals surface area contributed by atoms with E-state index in [4.69, 9.17) is 23.4 Å². The summed E-state index contributed by atoms with van der Waals surface area (Å²) in [5.41, 5.74) is -4.34. The highest BCUT2D eigenvalue weighted by atomic mass is 16.7. The van der Waals surface area contributed by atoms with Crippen LogP contribution in [0.1, 0.15) is 165 Å². The van der Waals surface area contributed by atoms with Crippen LogP contribution < -0.4 is 5.32 Å². The molecular weight excluding hydrogens is 1100 g/mol. The standard InChI is InChI=1S/C75H94N2O11/c1-41-51-17-7-6-14-44(51)20-26-69(41)24-10-25-72-58(69)33-50-32-48-16-9-23-70(48)36-47-35-68(2)64(53-22-28-84-57(53)34-54(56(79)38-78)45-18-19-52-46(31-45)21-27-77-40-76-37-55(52)77)86-67(83)65-75(68,87-65)73(49-15-8-13-43(30-49)29-42-11-4-3-5-12-42)60(47)71(61(72)59(80)63(73)81)39-85-66(82)62(70)74(50,71)88-72/h3-5,10-12,21-22,24,27-28,33,41,43-49,51-52,54-56,58,60-65,76,78-79,81H,6-9,13-20,23,25-26,29-32,34-40H2,1-2H3. The number of hydrogen-bond donors (Lipinski definition) is 4. The minimum atomic E-state index is -1.51. The van der Waals surface area contributed by atoms with E-state index in [9.17, 15) is 15.3 Å². The Kier molecular flexibility index (Phi) is 11.9. The second-order valence-electron chi connectivity index (χ2n) is 33.4. The maximum atomic E-state index is 17.8. The zero-order chi connectivity index (χ0) is 59.3. The minimum Gasteiger partial charge on any atom is -0.469 e. The number of esters is 2. The molecule has 10 aliphatic carbocycles. The average molecular weight is 1200 g/mol. The number of aliphatic hydroxyl groups is 3. The summed E-state index contributed by atoms with van der Waals surface area (Å²) in [6, 6.07) is 13.2. The van der Waals surface area contributed by atoms with Crippen molar-refractivity contribution < 1.29 is 53.1 Å². The van der Waals surface area contributed by atoms with Gasteiger partial charge in [0.15, 0.2) is 11.9 Å². The summed E-state index contributed by atoms with van der Waals surface area (Å²) in [4.78, 5) is 52.0. The first-order chi connectivity index (χ1) is 42.7. The van der Waals surface area contributed by atoms with Crippen LogP contribution in [0.2, 0.25) is 0 Å². The van der Waals surface area contributed by atoms with Gasteiger partial charge in [0.1, 0.15) is 35.8 Å². The number of carbonyl (C=O) groups is 3. The number of furan rings is 1. The Morgan fingerprint density at radius 1 is 0.864 bits per heavy atom. The van der Waals surface area contributed by atoms with Crippen LogP contribution >= 0.6 is 0 Å². The number of allylic oxidation sites excluding steroid dienone is 2. The molecule has 28 atom stereocenters. The second-order valence-corrected chi connectivity index (χ2v) is 33.4. The Bertz CT molecular complexity index is 3340. The van der Waals surface area contributed by atoms with E-state index in [1.54, 1.807) is 6.26 Å². The number of ether oxygens (including phenoxy) is 4. The predicted molar refractivity (Wildman–Crippen MR) is 324 cm³/mol. The fourth-order valence-corrected chi connectivity index (χ4v) is 28.6. The number of carbonyl (C=O) groups excluding carboxylic acids is 3. The molecule has 6 spiro atoms. The number of epoxide rings is 1. The first-order valence-corrected chi connectivity index (χ1v) is 35.6. The highest BCUT2D eigenvalue weighted by Crippen LogP contribution is 2.91. The van der Waals surface area contributed by atoms with Gasteiger partial charge in [-0.25, -0.2) is 4.79 Å². The highest BCUT2D eigenvalue weighted by molar-refractivity contribution is 5.94. The Morgan fingerprint density at radius 3 is 2.60 bits per heavy atom. The highest BCUT2D eigenvalue weighted by Gasteiger charge is 2.99. The van der Waals surface area contributed by atoms with Crippen molar-refractivity contribution in [3.05, 3.63) is 95.6 Å². The van der Waals surface area contributed by atoms with Crippen LogP contribution in [0.5, 0.6) is 0 Å². The molecule has 0 amide bonds. The average Bonchev–Trinajstić information content (AvgIpc) is 1.41. The Balaban J connectivity index is 0.799. The van der Waals surface area contributed by atoms with Crippen molar-refractivity contribution in [3.63, 3.8) is 0 Å². The van der Waals surface area contributed by atoms with Crippen molar-refractivity contribution in [2.24, 2.45) is 116 Å². The second kappa shape index (κ2) is 18.8. The van der Waals surface area contributed by atoms with E-state index >= 15 is 14.4 Å². The Morgan fingerprint density at radius 2 is 1.73 bits per heavy atom. The summed E-state index contributed by atoms with van der Waals surface area (Å²) < 4.78 is 37.3. The maximum absolute atomic E-state index is 17.8. The third-order valence-corrected chi connectivity index (χ3v) is 31.1. The molecule has 13 heteroatoms.